The summed E-state index contributed by atoms with van der Waals surface area (Å²) < 4.78 is 5.82. The first-order valence-electron chi connectivity index (χ1n) is 10.2. The third-order valence-electron chi connectivity index (χ3n) is 5.21. The molecule has 0 saturated carbocycles. The van der Waals surface area contributed by atoms with Crippen LogP contribution in [0.4, 0.5) is 11.4 Å². The zero-order chi connectivity index (χ0) is 19.9. The monoisotopic (exact) mass is 386 g/mol. The topological polar surface area (TPSA) is 41.6 Å². The Hall–Kier alpha value is -3.27. The number of rotatable bonds is 7. The van der Waals surface area contributed by atoms with Crippen LogP contribution in [-0.4, -0.2) is 25.6 Å². The highest BCUT2D eigenvalue weighted by Gasteiger charge is 2.21. The second-order valence-electron chi connectivity index (χ2n) is 7.24. The minimum Gasteiger partial charge on any atom is -0.493 e. The van der Waals surface area contributed by atoms with Gasteiger partial charge in [-0.15, -0.1) is 0 Å². The van der Waals surface area contributed by atoms with Gasteiger partial charge >= 0.3 is 0 Å². The molecule has 0 fully saturated rings. The van der Waals surface area contributed by atoms with E-state index < -0.39 is 0 Å². The van der Waals surface area contributed by atoms with Crippen molar-refractivity contribution < 1.29 is 9.53 Å². The molecule has 1 aliphatic heterocycles. The van der Waals surface area contributed by atoms with Gasteiger partial charge in [0.1, 0.15) is 5.75 Å². The fourth-order valence-electron chi connectivity index (χ4n) is 3.67. The SMILES string of the molecule is O=C(CNc1ccc(OCCc2ccccc2)cc1)N1CCCc2ccccc21. The minimum atomic E-state index is 0.0975. The number of nitrogens with zero attached hydrogens (tertiary/aromatic N) is 1. The van der Waals surface area contributed by atoms with Gasteiger partial charge in [-0.3, -0.25) is 4.79 Å². The van der Waals surface area contributed by atoms with E-state index in [4.69, 9.17) is 4.74 Å². The first-order chi connectivity index (χ1) is 14.3. The lowest BCUT2D eigenvalue weighted by Crippen LogP contribution is -2.39. The van der Waals surface area contributed by atoms with Crippen LogP contribution >= 0.6 is 0 Å². The molecule has 0 aromatic heterocycles. The quantitative estimate of drug-likeness (QED) is 0.640. The van der Waals surface area contributed by atoms with Gasteiger partial charge < -0.3 is 15.0 Å². The third-order valence-corrected chi connectivity index (χ3v) is 5.21. The zero-order valence-electron chi connectivity index (χ0n) is 16.5. The van der Waals surface area contributed by atoms with Crippen LogP contribution in [0.25, 0.3) is 0 Å². The highest BCUT2D eigenvalue weighted by Crippen LogP contribution is 2.26. The van der Waals surface area contributed by atoms with Gasteiger partial charge in [-0.2, -0.15) is 0 Å². The number of para-hydroxylation sites is 1. The molecule has 0 bridgehead atoms. The number of anilines is 2. The molecule has 148 valence electrons. The summed E-state index contributed by atoms with van der Waals surface area (Å²) in [6.07, 6.45) is 2.93. The molecule has 29 heavy (non-hydrogen) atoms. The highest BCUT2D eigenvalue weighted by molar-refractivity contribution is 5.97. The maximum absolute atomic E-state index is 12.7. The van der Waals surface area contributed by atoms with Gasteiger partial charge in [-0.05, 0) is 54.3 Å². The summed E-state index contributed by atoms with van der Waals surface area (Å²) in [5.41, 5.74) is 4.49. The molecule has 0 spiro atoms. The molecule has 4 heteroatoms. The van der Waals surface area contributed by atoms with Gasteiger partial charge in [0, 0.05) is 24.3 Å². The summed E-state index contributed by atoms with van der Waals surface area (Å²) in [4.78, 5) is 14.6. The molecular weight excluding hydrogens is 360 g/mol. The minimum absolute atomic E-state index is 0.0975. The lowest BCUT2D eigenvalue weighted by atomic mass is 10.0. The summed E-state index contributed by atoms with van der Waals surface area (Å²) >= 11 is 0. The number of ether oxygens (including phenoxy) is 1. The largest absolute Gasteiger partial charge is 0.493 e. The van der Waals surface area contributed by atoms with Crippen molar-refractivity contribution in [1.29, 1.82) is 0 Å². The average molecular weight is 386 g/mol. The van der Waals surface area contributed by atoms with Gasteiger partial charge in [0.15, 0.2) is 0 Å². The Balaban J connectivity index is 1.27. The van der Waals surface area contributed by atoms with E-state index in [0.29, 0.717) is 6.61 Å². The first kappa shape index (κ1) is 19.1. The van der Waals surface area contributed by atoms with Gasteiger partial charge in [-0.1, -0.05) is 48.5 Å². The summed E-state index contributed by atoms with van der Waals surface area (Å²) in [6.45, 7) is 1.71. The summed E-state index contributed by atoms with van der Waals surface area (Å²) in [6, 6.07) is 26.3. The van der Waals surface area contributed by atoms with Crippen LogP contribution in [0.15, 0.2) is 78.9 Å². The number of aryl methyl sites for hydroxylation is 1. The van der Waals surface area contributed by atoms with Crippen molar-refractivity contribution in [3.8, 4) is 5.75 Å². The van der Waals surface area contributed by atoms with Crippen molar-refractivity contribution in [3.63, 3.8) is 0 Å². The molecule has 3 aromatic carbocycles. The Morgan fingerprint density at radius 3 is 2.52 bits per heavy atom. The maximum atomic E-state index is 12.7. The highest BCUT2D eigenvalue weighted by atomic mass is 16.5. The molecular formula is C25H26N2O2. The van der Waals surface area contributed by atoms with Crippen LogP contribution in [0.2, 0.25) is 0 Å². The van der Waals surface area contributed by atoms with Crippen molar-refractivity contribution in [3.05, 3.63) is 90.0 Å². The van der Waals surface area contributed by atoms with Crippen LogP contribution in [0.1, 0.15) is 17.5 Å². The maximum Gasteiger partial charge on any atom is 0.246 e. The summed E-state index contributed by atoms with van der Waals surface area (Å²) in [5.74, 6) is 0.933. The van der Waals surface area contributed by atoms with Crippen LogP contribution in [0.5, 0.6) is 5.75 Å². The van der Waals surface area contributed by atoms with Gasteiger partial charge in [0.25, 0.3) is 0 Å². The summed E-state index contributed by atoms with van der Waals surface area (Å²) in [5, 5.41) is 3.23. The van der Waals surface area contributed by atoms with Gasteiger partial charge in [-0.25, -0.2) is 0 Å². The molecule has 1 heterocycles. The van der Waals surface area contributed by atoms with E-state index in [9.17, 15) is 4.79 Å². The molecule has 1 N–H and O–H groups in total. The second kappa shape index (κ2) is 9.28. The lowest BCUT2D eigenvalue weighted by Gasteiger charge is -2.29. The molecule has 4 rings (SSSR count). The number of amides is 1. The van der Waals surface area contributed by atoms with Gasteiger partial charge in [0.05, 0.1) is 13.2 Å². The van der Waals surface area contributed by atoms with E-state index in [2.05, 4.69) is 23.5 Å². The second-order valence-corrected chi connectivity index (χ2v) is 7.24. The van der Waals surface area contributed by atoms with Crippen LogP contribution in [-0.2, 0) is 17.6 Å². The predicted molar refractivity (Wildman–Crippen MR) is 118 cm³/mol. The molecule has 0 atom stereocenters. The fourth-order valence-corrected chi connectivity index (χ4v) is 3.67. The van der Waals surface area contributed by atoms with E-state index in [0.717, 1.165) is 42.9 Å². The van der Waals surface area contributed by atoms with Gasteiger partial charge in [0.2, 0.25) is 5.91 Å². The molecule has 0 saturated heterocycles. The Morgan fingerprint density at radius 1 is 0.931 bits per heavy atom. The number of fused-ring (bicyclic) bond motifs is 1. The van der Waals surface area contributed by atoms with Crippen molar-refractivity contribution in [2.45, 2.75) is 19.3 Å². The molecule has 1 aliphatic rings. The summed E-state index contributed by atoms with van der Waals surface area (Å²) in [7, 11) is 0. The number of benzene rings is 3. The van der Waals surface area contributed by atoms with Crippen molar-refractivity contribution >= 4 is 17.3 Å². The standard InChI is InChI=1S/C25H26N2O2/c28-25(27-17-6-10-21-9-4-5-11-24(21)27)19-26-22-12-14-23(15-13-22)29-18-16-20-7-2-1-3-8-20/h1-5,7-9,11-15,26H,6,10,16-19H2. The Bertz CT molecular complexity index is 939. The van der Waals surface area contributed by atoms with Crippen molar-refractivity contribution in [1.82, 2.24) is 0 Å². The molecule has 0 unspecified atom stereocenters. The van der Waals surface area contributed by atoms with E-state index >= 15 is 0 Å². The predicted octanol–water partition coefficient (Wildman–Crippen LogP) is 4.70. The Labute approximate surface area is 172 Å². The number of nitrogens with one attached hydrogen (secondary N) is 1. The number of carbonyl (C=O) groups excluding carboxylic acids is 1. The fraction of sp³-hybridized carbons (Fsp3) is 0.240. The number of carbonyl (C=O) groups is 1. The normalized spacial score (nSPS) is 12.9. The molecule has 1 amide bonds. The van der Waals surface area contributed by atoms with Crippen LogP contribution < -0.4 is 15.0 Å². The Morgan fingerprint density at radius 2 is 1.69 bits per heavy atom. The Kier molecular flexibility index (Phi) is 6.10. The third kappa shape index (κ3) is 4.96. The van der Waals surface area contributed by atoms with Crippen LogP contribution in [0.3, 0.4) is 0 Å². The van der Waals surface area contributed by atoms with E-state index in [-0.39, 0.29) is 12.5 Å². The molecule has 3 aromatic rings. The zero-order valence-corrected chi connectivity index (χ0v) is 16.5. The smallest absolute Gasteiger partial charge is 0.246 e. The molecule has 0 aliphatic carbocycles. The van der Waals surface area contributed by atoms with E-state index in [1.54, 1.807) is 0 Å². The van der Waals surface area contributed by atoms with E-state index in [1.165, 1.54) is 11.1 Å². The van der Waals surface area contributed by atoms with Crippen LogP contribution in [0, 0.1) is 0 Å². The first-order valence-corrected chi connectivity index (χ1v) is 10.2. The lowest BCUT2D eigenvalue weighted by molar-refractivity contribution is -0.117. The van der Waals surface area contributed by atoms with Crippen molar-refractivity contribution in [2.24, 2.45) is 0 Å². The van der Waals surface area contributed by atoms with E-state index in [1.807, 2.05) is 65.6 Å². The van der Waals surface area contributed by atoms with Crippen molar-refractivity contribution in [2.75, 3.05) is 29.9 Å². The molecule has 4 nitrogen and oxygen atoms in total. The average Bonchev–Trinajstić information content (AvgIpc) is 2.78. The number of hydrogen-bond acceptors (Lipinski definition) is 3. The molecule has 0 radical (unpaired) electrons. The number of hydrogen-bond donors (Lipinski definition) is 1.